The lowest BCUT2D eigenvalue weighted by molar-refractivity contribution is 0.0745. The number of rotatable bonds is 4. The van der Waals surface area contributed by atoms with Crippen LogP contribution in [0.1, 0.15) is 40.1 Å². The summed E-state index contributed by atoms with van der Waals surface area (Å²) >= 11 is 0. The summed E-state index contributed by atoms with van der Waals surface area (Å²) in [7, 11) is 0. The fourth-order valence-electron chi connectivity index (χ4n) is 2.66. The van der Waals surface area contributed by atoms with Gasteiger partial charge in [0.15, 0.2) is 5.69 Å². The molecule has 9 heteroatoms. The lowest BCUT2D eigenvalue weighted by Crippen LogP contribution is -2.45. The van der Waals surface area contributed by atoms with Gasteiger partial charge in [0.2, 0.25) is 0 Å². The van der Waals surface area contributed by atoms with Crippen LogP contribution in [0.2, 0.25) is 0 Å². The highest BCUT2D eigenvalue weighted by atomic mass is 19.1. The fraction of sp³-hybridized carbons (Fsp3) is 0.312. The van der Waals surface area contributed by atoms with E-state index in [1.165, 1.54) is 6.20 Å². The molecule has 3 rings (SSSR count). The van der Waals surface area contributed by atoms with Gasteiger partial charge in [0.25, 0.3) is 11.8 Å². The summed E-state index contributed by atoms with van der Waals surface area (Å²) in [5, 5.41) is 10.4. The first-order chi connectivity index (χ1) is 12.1. The zero-order valence-corrected chi connectivity index (χ0v) is 13.3. The Morgan fingerprint density at radius 2 is 1.76 bits per heavy atom. The van der Waals surface area contributed by atoms with E-state index in [4.69, 9.17) is 0 Å². The van der Waals surface area contributed by atoms with Gasteiger partial charge in [-0.3, -0.25) is 20.1 Å². The maximum absolute atomic E-state index is 13.7. The van der Waals surface area contributed by atoms with Crippen LogP contribution in [0.4, 0.5) is 14.5 Å². The maximum Gasteiger partial charge on any atom is 0.288 e. The number of nitrogens with zero attached hydrogens (tertiary/aromatic N) is 2. The van der Waals surface area contributed by atoms with E-state index < -0.39 is 29.0 Å². The summed E-state index contributed by atoms with van der Waals surface area (Å²) in [6.45, 7) is 1.47. The molecule has 1 aromatic heterocycles. The molecule has 0 aliphatic carbocycles. The zero-order chi connectivity index (χ0) is 17.8. The van der Waals surface area contributed by atoms with Gasteiger partial charge in [0.1, 0.15) is 17.2 Å². The minimum Gasteiger partial charge on any atom is -0.318 e. The average Bonchev–Trinajstić information content (AvgIpc) is 3.04. The van der Waals surface area contributed by atoms with Crippen molar-refractivity contribution in [2.75, 3.05) is 18.4 Å². The minimum atomic E-state index is -0.996. The Kier molecular flexibility index (Phi) is 5.03. The highest BCUT2D eigenvalue weighted by molar-refractivity contribution is 6.08. The number of hydrazine groups is 1. The number of hydrogen-bond donors (Lipinski definition) is 3. The van der Waals surface area contributed by atoms with E-state index in [1.54, 1.807) is 5.01 Å². The molecule has 0 radical (unpaired) electrons. The van der Waals surface area contributed by atoms with Gasteiger partial charge >= 0.3 is 0 Å². The van der Waals surface area contributed by atoms with E-state index in [9.17, 15) is 18.4 Å². The number of anilines is 1. The van der Waals surface area contributed by atoms with E-state index in [1.807, 2.05) is 0 Å². The number of carbonyl (C=O) groups excluding carboxylic acids is 2. The summed E-state index contributed by atoms with van der Waals surface area (Å²) in [5.74, 6) is -3.47. The van der Waals surface area contributed by atoms with Crippen LogP contribution >= 0.6 is 0 Å². The summed E-state index contributed by atoms with van der Waals surface area (Å²) in [6.07, 6.45) is 4.36. The number of H-pyrrole nitrogens is 1. The first-order valence-electron chi connectivity index (χ1n) is 7.91. The molecule has 0 spiro atoms. The van der Waals surface area contributed by atoms with Gasteiger partial charge in [-0.05, 0) is 25.0 Å². The van der Waals surface area contributed by atoms with Crippen LogP contribution < -0.4 is 10.7 Å². The van der Waals surface area contributed by atoms with Gasteiger partial charge in [-0.1, -0.05) is 12.5 Å². The van der Waals surface area contributed by atoms with Crippen molar-refractivity contribution in [1.82, 2.24) is 20.6 Å². The molecule has 7 nitrogen and oxygen atoms in total. The smallest absolute Gasteiger partial charge is 0.288 e. The van der Waals surface area contributed by atoms with Crippen molar-refractivity contribution in [2.24, 2.45) is 0 Å². The van der Waals surface area contributed by atoms with Crippen LogP contribution in [0.3, 0.4) is 0 Å². The van der Waals surface area contributed by atoms with Crippen molar-refractivity contribution >= 4 is 17.5 Å². The number of nitrogens with one attached hydrogen (secondary N) is 3. The van der Waals surface area contributed by atoms with Crippen molar-refractivity contribution < 1.29 is 18.4 Å². The average molecular weight is 349 g/mol. The number of piperidine rings is 1. The molecule has 2 amide bonds. The van der Waals surface area contributed by atoms with Crippen molar-refractivity contribution in [1.29, 1.82) is 0 Å². The second kappa shape index (κ2) is 7.39. The van der Waals surface area contributed by atoms with Crippen molar-refractivity contribution in [3.05, 3.63) is 47.3 Å². The molecule has 1 aliphatic rings. The van der Waals surface area contributed by atoms with Gasteiger partial charge < -0.3 is 5.32 Å². The molecule has 0 atom stereocenters. The lowest BCUT2D eigenvalue weighted by atomic mass is 10.1. The molecule has 132 valence electrons. The number of hydrogen-bond acceptors (Lipinski definition) is 4. The Morgan fingerprint density at radius 3 is 2.44 bits per heavy atom. The van der Waals surface area contributed by atoms with E-state index in [-0.39, 0.29) is 11.4 Å². The topological polar surface area (TPSA) is 90.1 Å². The molecule has 1 aliphatic heterocycles. The third-order valence-corrected chi connectivity index (χ3v) is 3.91. The zero-order valence-electron chi connectivity index (χ0n) is 13.3. The second-order valence-corrected chi connectivity index (χ2v) is 5.69. The molecule has 2 heterocycles. The van der Waals surface area contributed by atoms with Crippen molar-refractivity contribution in [3.63, 3.8) is 0 Å². The van der Waals surface area contributed by atoms with Crippen LogP contribution in [-0.2, 0) is 0 Å². The summed E-state index contributed by atoms with van der Waals surface area (Å²) in [4.78, 5) is 24.5. The van der Waals surface area contributed by atoms with E-state index in [0.717, 1.165) is 50.6 Å². The molecule has 1 saturated heterocycles. The SMILES string of the molecule is O=C(NN1CCCCC1)c1n[nH]cc1NC(=O)c1c(F)cccc1F. The number of benzene rings is 1. The Balaban J connectivity index is 1.73. The third-order valence-electron chi connectivity index (χ3n) is 3.91. The Bertz CT molecular complexity index is 766. The van der Waals surface area contributed by atoms with Gasteiger partial charge in [-0.2, -0.15) is 5.10 Å². The largest absolute Gasteiger partial charge is 0.318 e. The molecule has 0 bridgehead atoms. The van der Waals surface area contributed by atoms with Gasteiger partial charge in [0, 0.05) is 19.3 Å². The van der Waals surface area contributed by atoms with Crippen LogP contribution in [0.5, 0.6) is 0 Å². The first-order valence-corrected chi connectivity index (χ1v) is 7.91. The maximum atomic E-state index is 13.7. The highest BCUT2D eigenvalue weighted by Crippen LogP contribution is 2.17. The molecule has 1 aromatic carbocycles. The third kappa shape index (κ3) is 3.82. The molecule has 25 heavy (non-hydrogen) atoms. The number of aromatic amines is 1. The Hall–Kier alpha value is -2.81. The standard InChI is InChI=1S/C16H17F2N5O2/c17-10-5-4-6-11(18)13(10)15(24)20-12-9-19-21-14(12)16(25)22-23-7-2-1-3-8-23/h4-6,9H,1-3,7-8H2,(H,19,21)(H,20,24)(H,22,25). The van der Waals surface area contributed by atoms with Crippen LogP contribution in [0.25, 0.3) is 0 Å². The molecule has 2 aromatic rings. The van der Waals surface area contributed by atoms with Gasteiger partial charge in [-0.15, -0.1) is 0 Å². The van der Waals surface area contributed by atoms with Crippen molar-refractivity contribution in [3.8, 4) is 0 Å². The second-order valence-electron chi connectivity index (χ2n) is 5.69. The Labute approximate surface area is 142 Å². The summed E-state index contributed by atoms with van der Waals surface area (Å²) < 4.78 is 27.4. The van der Waals surface area contributed by atoms with Gasteiger partial charge in [0.05, 0.1) is 5.69 Å². The molecule has 0 unspecified atom stereocenters. The fourth-order valence-corrected chi connectivity index (χ4v) is 2.66. The normalized spacial score (nSPS) is 15.0. The molecule has 3 N–H and O–H groups in total. The quantitative estimate of drug-likeness (QED) is 0.788. The van der Waals surface area contributed by atoms with Gasteiger partial charge in [-0.25, -0.2) is 13.8 Å². The first kappa shape index (κ1) is 17.0. The van der Waals surface area contributed by atoms with Crippen LogP contribution in [0.15, 0.2) is 24.4 Å². The molecular weight excluding hydrogens is 332 g/mol. The highest BCUT2D eigenvalue weighted by Gasteiger charge is 2.23. The Morgan fingerprint density at radius 1 is 1.08 bits per heavy atom. The van der Waals surface area contributed by atoms with E-state index in [0.29, 0.717) is 0 Å². The lowest BCUT2D eigenvalue weighted by Gasteiger charge is -2.26. The summed E-state index contributed by atoms with van der Waals surface area (Å²) in [6, 6.07) is 3.13. The number of amides is 2. The predicted octanol–water partition coefficient (Wildman–Crippen LogP) is 2.07. The van der Waals surface area contributed by atoms with E-state index in [2.05, 4.69) is 20.9 Å². The number of carbonyl (C=O) groups is 2. The minimum absolute atomic E-state index is 0.0437. The number of halogens is 2. The molecular formula is C16H17F2N5O2. The summed E-state index contributed by atoms with van der Waals surface area (Å²) in [5.41, 5.74) is 1.98. The van der Waals surface area contributed by atoms with Crippen LogP contribution in [0, 0.1) is 11.6 Å². The monoisotopic (exact) mass is 349 g/mol. The predicted molar refractivity (Wildman–Crippen MR) is 85.8 cm³/mol. The number of aromatic nitrogens is 2. The molecule has 0 saturated carbocycles. The van der Waals surface area contributed by atoms with Crippen molar-refractivity contribution in [2.45, 2.75) is 19.3 Å². The van der Waals surface area contributed by atoms with E-state index >= 15 is 0 Å². The molecule has 1 fully saturated rings. The van der Waals surface area contributed by atoms with Crippen LogP contribution in [-0.4, -0.2) is 40.1 Å².